The van der Waals surface area contributed by atoms with Gasteiger partial charge in [0, 0.05) is 24.6 Å². The van der Waals surface area contributed by atoms with Gasteiger partial charge in [0.25, 0.3) is 0 Å². The number of nitrogens with zero attached hydrogens (tertiary/aromatic N) is 1. The maximum Gasteiger partial charge on any atom is 0.151 e. The van der Waals surface area contributed by atoms with Crippen LogP contribution in [0.4, 0.5) is 10.1 Å². The average molecular weight is 234 g/mol. The van der Waals surface area contributed by atoms with E-state index >= 15 is 0 Å². The number of hydrogen-bond acceptors (Lipinski definition) is 2. The molecular weight excluding hydrogens is 225 g/mol. The second-order valence-electron chi connectivity index (χ2n) is 2.65. The Kier molecular flexibility index (Phi) is 2.57. The van der Waals surface area contributed by atoms with E-state index in [1.807, 2.05) is 0 Å². The van der Waals surface area contributed by atoms with Gasteiger partial charge in [0.15, 0.2) is 5.82 Å². The van der Waals surface area contributed by atoms with E-state index in [9.17, 15) is 4.39 Å². The summed E-state index contributed by atoms with van der Waals surface area (Å²) in [5.41, 5.74) is 0.438. The van der Waals surface area contributed by atoms with Crippen LogP contribution < -0.4 is 4.90 Å². The van der Waals surface area contributed by atoms with E-state index in [1.54, 1.807) is 19.0 Å². The van der Waals surface area contributed by atoms with Crippen molar-refractivity contribution in [1.82, 2.24) is 0 Å². The topological polar surface area (TPSA) is 23.5 Å². The number of aromatic hydroxyl groups is 1. The maximum absolute atomic E-state index is 13.1. The third-order valence-electron chi connectivity index (χ3n) is 1.45. The quantitative estimate of drug-likeness (QED) is 0.806. The first-order valence-electron chi connectivity index (χ1n) is 3.37. The first kappa shape index (κ1) is 9.32. The molecule has 12 heavy (non-hydrogen) atoms. The Morgan fingerprint density at radius 2 is 2.00 bits per heavy atom. The van der Waals surface area contributed by atoms with Crippen molar-refractivity contribution in [3.63, 3.8) is 0 Å². The van der Waals surface area contributed by atoms with Crippen LogP contribution in [-0.4, -0.2) is 19.2 Å². The fourth-order valence-corrected chi connectivity index (χ4v) is 1.76. The largest absolute Gasteiger partial charge is 0.508 e. The summed E-state index contributed by atoms with van der Waals surface area (Å²) in [5, 5.41) is 9.01. The zero-order valence-corrected chi connectivity index (χ0v) is 8.39. The monoisotopic (exact) mass is 233 g/mol. The molecular formula is C8H9BrFNO. The van der Waals surface area contributed by atoms with Gasteiger partial charge in [-0.1, -0.05) is 0 Å². The lowest BCUT2D eigenvalue weighted by molar-refractivity contribution is 0.468. The van der Waals surface area contributed by atoms with E-state index in [4.69, 9.17) is 5.11 Å². The first-order valence-corrected chi connectivity index (χ1v) is 4.17. The van der Waals surface area contributed by atoms with Gasteiger partial charge >= 0.3 is 0 Å². The maximum atomic E-state index is 13.1. The van der Waals surface area contributed by atoms with Gasteiger partial charge in [-0.05, 0) is 22.0 Å². The zero-order valence-electron chi connectivity index (χ0n) is 6.81. The molecule has 0 aliphatic heterocycles. The lowest BCUT2D eigenvalue weighted by atomic mass is 10.3. The first-order chi connectivity index (χ1) is 5.52. The van der Waals surface area contributed by atoms with Crippen molar-refractivity contribution in [2.24, 2.45) is 0 Å². The summed E-state index contributed by atoms with van der Waals surface area (Å²) in [4.78, 5) is 1.64. The Morgan fingerprint density at radius 3 is 2.42 bits per heavy atom. The zero-order chi connectivity index (χ0) is 9.30. The van der Waals surface area contributed by atoms with Gasteiger partial charge in [0.05, 0.1) is 5.69 Å². The number of halogens is 2. The van der Waals surface area contributed by atoms with E-state index < -0.39 is 5.82 Å². The summed E-state index contributed by atoms with van der Waals surface area (Å²) in [6, 6.07) is 2.54. The predicted molar refractivity (Wildman–Crippen MR) is 50.1 cm³/mol. The molecule has 0 bridgehead atoms. The highest BCUT2D eigenvalue weighted by Crippen LogP contribution is 2.31. The Morgan fingerprint density at radius 1 is 1.42 bits per heavy atom. The molecule has 0 amide bonds. The Labute approximate surface area is 78.7 Å². The smallest absolute Gasteiger partial charge is 0.151 e. The van der Waals surface area contributed by atoms with Crippen LogP contribution in [0.5, 0.6) is 5.75 Å². The molecule has 1 N–H and O–H groups in total. The second-order valence-corrected chi connectivity index (χ2v) is 3.51. The van der Waals surface area contributed by atoms with Gasteiger partial charge in [-0.2, -0.15) is 0 Å². The SMILES string of the molecule is CN(C)c1c(F)cc(O)cc1Br. The van der Waals surface area contributed by atoms with Gasteiger partial charge in [-0.25, -0.2) is 4.39 Å². The highest BCUT2D eigenvalue weighted by molar-refractivity contribution is 9.10. The molecule has 0 saturated carbocycles. The number of phenolic OH excluding ortho intramolecular Hbond substituents is 1. The van der Waals surface area contributed by atoms with E-state index in [1.165, 1.54) is 6.07 Å². The van der Waals surface area contributed by atoms with Crippen molar-refractivity contribution in [2.45, 2.75) is 0 Å². The van der Waals surface area contributed by atoms with Crippen LogP contribution in [0.1, 0.15) is 0 Å². The highest BCUT2D eigenvalue weighted by atomic mass is 79.9. The number of benzene rings is 1. The highest BCUT2D eigenvalue weighted by Gasteiger charge is 2.10. The van der Waals surface area contributed by atoms with Gasteiger partial charge < -0.3 is 10.0 Å². The van der Waals surface area contributed by atoms with E-state index in [2.05, 4.69) is 15.9 Å². The van der Waals surface area contributed by atoms with Crippen LogP contribution in [0.2, 0.25) is 0 Å². The standard InChI is InChI=1S/C8H9BrFNO/c1-11(2)8-6(9)3-5(12)4-7(8)10/h3-4,12H,1-2H3. The van der Waals surface area contributed by atoms with E-state index in [0.717, 1.165) is 6.07 Å². The van der Waals surface area contributed by atoms with Crippen molar-refractivity contribution in [3.8, 4) is 5.75 Å². The van der Waals surface area contributed by atoms with Crippen LogP contribution in [-0.2, 0) is 0 Å². The normalized spacial score (nSPS) is 10.0. The molecule has 4 heteroatoms. The molecule has 66 valence electrons. The lowest BCUT2D eigenvalue weighted by Crippen LogP contribution is -2.11. The molecule has 0 aromatic heterocycles. The second kappa shape index (κ2) is 3.31. The fourth-order valence-electron chi connectivity index (χ4n) is 0.979. The minimum absolute atomic E-state index is 0.0787. The van der Waals surface area contributed by atoms with Crippen molar-refractivity contribution in [1.29, 1.82) is 0 Å². The molecule has 2 nitrogen and oxygen atoms in total. The minimum atomic E-state index is -0.438. The van der Waals surface area contributed by atoms with Gasteiger partial charge in [0.2, 0.25) is 0 Å². The number of phenols is 1. The predicted octanol–water partition coefficient (Wildman–Crippen LogP) is 2.36. The summed E-state index contributed by atoms with van der Waals surface area (Å²) >= 11 is 3.16. The van der Waals surface area contributed by atoms with E-state index in [-0.39, 0.29) is 5.75 Å². The lowest BCUT2D eigenvalue weighted by Gasteiger charge is -2.15. The molecule has 0 atom stereocenters. The molecule has 0 spiro atoms. The Bertz CT molecular complexity index is 278. The molecule has 0 saturated heterocycles. The third kappa shape index (κ3) is 1.69. The molecule has 0 unspecified atom stereocenters. The number of rotatable bonds is 1. The van der Waals surface area contributed by atoms with Crippen molar-refractivity contribution >= 4 is 21.6 Å². The van der Waals surface area contributed by atoms with Crippen molar-refractivity contribution in [2.75, 3.05) is 19.0 Å². The van der Waals surface area contributed by atoms with Crippen LogP contribution in [0.3, 0.4) is 0 Å². The third-order valence-corrected chi connectivity index (χ3v) is 2.05. The number of anilines is 1. The molecule has 0 radical (unpaired) electrons. The van der Waals surface area contributed by atoms with Gasteiger partial charge in [-0.3, -0.25) is 0 Å². The van der Waals surface area contributed by atoms with Gasteiger partial charge in [-0.15, -0.1) is 0 Å². The van der Waals surface area contributed by atoms with Crippen LogP contribution >= 0.6 is 15.9 Å². The van der Waals surface area contributed by atoms with Crippen LogP contribution in [0.15, 0.2) is 16.6 Å². The summed E-state index contributed by atoms with van der Waals surface area (Å²) in [6.07, 6.45) is 0. The molecule has 0 heterocycles. The Balaban J connectivity index is 3.28. The van der Waals surface area contributed by atoms with E-state index in [0.29, 0.717) is 10.2 Å². The summed E-state index contributed by atoms with van der Waals surface area (Å²) in [6.45, 7) is 0. The molecule has 1 aromatic carbocycles. The van der Waals surface area contributed by atoms with Crippen molar-refractivity contribution < 1.29 is 9.50 Å². The van der Waals surface area contributed by atoms with Crippen LogP contribution in [0, 0.1) is 5.82 Å². The Hall–Kier alpha value is -0.770. The van der Waals surface area contributed by atoms with Crippen LogP contribution in [0.25, 0.3) is 0 Å². The summed E-state index contributed by atoms with van der Waals surface area (Å²) < 4.78 is 13.7. The summed E-state index contributed by atoms with van der Waals surface area (Å²) in [5.74, 6) is -0.517. The molecule has 0 aliphatic rings. The van der Waals surface area contributed by atoms with Gasteiger partial charge in [0.1, 0.15) is 5.75 Å². The molecule has 0 aliphatic carbocycles. The number of hydrogen-bond donors (Lipinski definition) is 1. The molecule has 1 aromatic rings. The fraction of sp³-hybridized carbons (Fsp3) is 0.250. The average Bonchev–Trinajstić information content (AvgIpc) is 1.82. The van der Waals surface area contributed by atoms with Crippen molar-refractivity contribution in [3.05, 3.63) is 22.4 Å². The molecule has 1 rings (SSSR count). The molecule has 0 fully saturated rings. The minimum Gasteiger partial charge on any atom is -0.508 e. The summed E-state index contributed by atoms with van der Waals surface area (Å²) in [7, 11) is 3.47.